The van der Waals surface area contributed by atoms with Crippen molar-refractivity contribution in [1.82, 2.24) is 9.97 Å². The van der Waals surface area contributed by atoms with Crippen LogP contribution in [0.3, 0.4) is 0 Å². The summed E-state index contributed by atoms with van der Waals surface area (Å²) in [7, 11) is 0. The summed E-state index contributed by atoms with van der Waals surface area (Å²) in [5.41, 5.74) is 11.1. The smallest absolute Gasteiger partial charge is 0.0930 e. The highest BCUT2D eigenvalue weighted by Gasteiger charge is 2.11. The molecule has 3 heteroatoms. The standard InChI is InChI=1S/C14H13N3/c15-9-11-13(10-5-2-1-3-6-10)17-12-7-4-8-16-14(11)12/h1-8,17H,9,15H2. The molecule has 1 aromatic carbocycles. The normalized spacial score (nSPS) is 10.9. The molecule has 0 spiro atoms. The molecule has 0 bridgehead atoms. The van der Waals surface area contributed by atoms with E-state index in [1.54, 1.807) is 6.20 Å². The number of benzene rings is 1. The lowest BCUT2D eigenvalue weighted by Gasteiger charge is -2.01. The molecule has 2 aromatic heterocycles. The van der Waals surface area contributed by atoms with E-state index in [0.717, 1.165) is 27.9 Å². The first-order chi connectivity index (χ1) is 8.40. The third kappa shape index (κ3) is 1.61. The molecule has 3 N–H and O–H groups in total. The number of nitrogens with two attached hydrogens (primary N) is 1. The predicted molar refractivity (Wildman–Crippen MR) is 69.4 cm³/mol. The first-order valence-corrected chi connectivity index (χ1v) is 5.61. The highest BCUT2D eigenvalue weighted by molar-refractivity contribution is 5.87. The fraction of sp³-hybridized carbons (Fsp3) is 0.0714. The maximum Gasteiger partial charge on any atom is 0.0930 e. The van der Waals surface area contributed by atoms with Gasteiger partial charge < -0.3 is 10.7 Å². The topological polar surface area (TPSA) is 54.7 Å². The summed E-state index contributed by atoms with van der Waals surface area (Å²) in [6, 6.07) is 14.1. The monoisotopic (exact) mass is 223 g/mol. The average molecular weight is 223 g/mol. The van der Waals surface area contributed by atoms with Crippen LogP contribution in [0, 0.1) is 0 Å². The maximum atomic E-state index is 5.84. The lowest BCUT2D eigenvalue weighted by molar-refractivity contribution is 1.08. The number of nitrogens with one attached hydrogen (secondary N) is 1. The van der Waals surface area contributed by atoms with Crippen molar-refractivity contribution in [2.45, 2.75) is 6.54 Å². The number of rotatable bonds is 2. The molecule has 0 saturated heterocycles. The van der Waals surface area contributed by atoms with Gasteiger partial charge in [-0.2, -0.15) is 0 Å². The molecule has 0 aliphatic heterocycles. The van der Waals surface area contributed by atoms with Crippen molar-refractivity contribution in [1.29, 1.82) is 0 Å². The van der Waals surface area contributed by atoms with Gasteiger partial charge in [-0.15, -0.1) is 0 Å². The molecule has 0 amide bonds. The molecule has 2 heterocycles. The second kappa shape index (κ2) is 4.03. The van der Waals surface area contributed by atoms with Crippen LogP contribution in [0.15, 0.2) is 48.7 Å². The van der Waals surface area contributed by atoms with E-state index in [4.69, 9.17) is 5.73 Å². The van der Waals surface area contributed by atoms with Crippen LogP contribution in [0.1, 0.15) is 5.56 Å². The van der Waals surface area contributed by atoms with Crippen LogP contribution in [0.25, 0.3) is 22.3 Å². The quantitative estimate of drug-likeness (QED) is 0.701. The van der Waals surface area contributed by atoms with Crippen molar-refractivity contribution in [3.8, 4) is 11.3 Å². The Balaban J connectivity index is 2.30. The minimum absolute atomic E-state index is 0.487. The van der Waals surface area contributed by atoms with Crippen LogP contribution in [-0.4, -0.2) is 9.97 Å². The fourth-order valence-electron chi connectivity index (χ4n) is 2.13. The Labute approximate surface area is 99.3 Å². The Morgan fingerprint density at radius 2 is 1.88 bits per heavy atom. The van der Waals surface area contributed by atoms with Gasteiger partial charge in [0, 0.05) is 18.3 Å². The number of nitrogens with zero attached hydrogens (tertiary/aromatic N) is 1. The van der Waals surface area contributed by atoms with E-state index >= 15 is 0 Å². The molecule has 3 rings (SSSR count). The van der Waals surface area contributed by atoms with Gasteiger partial charge in [0.15, 0.2) is 0 Å². The van der Waals surface area contributed by atoms with E-state index in [1.165, 1.54) is 0 Å². The van der Waals surface area contributed by atoms with E-state index in [0.29, 0.717) is 6.54 Å². The van der Waals surface area contributed by atoms with Crippen LogP contribution in [0.4, 0.5) is 0 Å². The molecule has 0 saturated carbocycles. The molecule has 0 unspecified atom stereocenters. The number of hydrogen-bond donors (Lipinski definition) is 2. The lowest BCUT2D eigenvalue weighted by atomic mass is 10.1. The largest absolute Gasteiger partial charge is 0.353 e. The molecule has 3 aromatic rings. The molecular weight excluding hydrogens is 210 g/mol. The minimum atomic E-state index is 0.487. The zero-order chi connectivity index (χ0) is 11.7. The Hall–Kier alpha value is -2.13. The van der Waals surface area contributed by atoms with Gasteiger partial charge in [-0.3, -0.25) is 4.98 Å². The predicted octanol–water partition coefficient (Wildman–Crippen LogP) is 2.69. The molecule has 0 radical (unpaired) electrons. The summed E-state index contributed by atoms with van der Waals surface area (Å²) < 4.78 is 0. The number of aromatic nitrogens is 2. The fourth-order valence-corrected chi connectivity index (χ4v) is 2.13. The SMILES string of the molecule is NCc1c(-c2ccccc2)[nH]c2cccnc12. The number of hydrogen-bond acceptors (Lipinski definition) is 2. The first-order valence-electron chi connectivity index (χ1n) is 5.61. The molecule has 84 valence electrons. The Morgan fingerprint density at radius 1 is 1.06 bits per heavy atom. The summed E-state index contributed by atoms with van der Waals surface area (Å²) in [5.74, 6) is 0. The third-order valence-electron chi connectivity index (χ3n) is 2.92. The Bertz CT molecular complexity index is 641. The van der Waals surface area contributed by atoms with E-state index < -0.39 is 0 Å². The molecule has 3 nitrogen and oxygen atoms in total. The van der Waals surface area contributed by atoms with Gasteiger partial charge in [-0.1, -0.05) is 30.3 Å². The van der Waals surface area contributed by atoms with Gasteiger partial charge in [0.1, 0.15) is 0 Å². The molecule has 0 aliphatic carbocycles. The highest BCUT2D eigenvalue weighted by atomic mass is 14.8. The molecule has 0 atom stereocenters. The average Bonchev–Trinajstić information content (AvgIpc) is 2.78. The van der Waals surface area contributed by atoms with Crippen molar-refractivity contribution in [2.75, 3.05) is 0 Å². The van der Waals surface area contributed by atoms with Crippen molar-refractivity contribution in [2.24, 2.45) is 5.73 Å². The lowest BCUT2D eigenvalue weighted by Crippen LogP contribution is -1.97. The zero-order valence-corrected chi connectivity index (χ0v) is 9.35. The number of H-pyrrole nitrogens is 1. The van der Waals surface area contributed by atoms with Crippen LogP contribution >= 0.6 is 0 Å². The van der Waals surface area contributed by atoms with Gasteiger partial charge >= 0.3 is 0 Å². The van der Waals surface area contributed by atoms with E-state index in [9.17, 15) is 0 Å². The Morgan fingerprint density at radius 3 is 2.65 bits per heavy atom. The van der Waals surface area contributed by atoms with Crippen LogP contribution in [-0.2, 0) is 6.54 Å². The second-order valence-corrected chi connectivity index (χ2v) is 3.95. The van der Waals surface area contributed by atoms with Crippen LogP contribution < -0.4 is 5.73 Å². The van der Waals surface area contributed by atoms with Crippen LogP contribution in [0.5, 0.6) is 0 Å². The summed E-state index contributed by atoms with van der Waals surface area (Å²) in [4.78, 5) is 7.78. The zero-order valence-electron chi connectivity index (χ0n) is 9.35. The summed E-state index contributed by atoms with van der Waals surface area (Å²) >= 11 is 0. The number of pyridine rings is 1. The Kier molecular flexibility index (Phi) is 2.38. The second-order valence-electron chi connectivity index (χ2n) is 3.95. The van der Waals surface area contributed by atoms with Crippen molar-refractivity contribution >= 4 is 11.0 Å². The summed E-state index contributed by atoms with van der Waals surface area (Å²) in [6.07, 6.45) is 1.80. The molecule has 0 aliphatic rings. The van der Waals surface area contributed by atoms with E-state index in [1.807, 2.05) is 30.3 Å². The third-order valence-corrected chi connectivity index (χ3v) is 2.92. The van der Waals surface area contributed by atoms with Crippen molar-refractivity contribution < 1.29 is 0 Å². The molecule has 17 heavy (non-hydrogen) atoms. The van der Waals surface area contributed by atoms with Crippen LogP contribution in [0.2, 0.25) is 0 Å². The highest BCUT2D eigenvalue weighted by Crippen LogP contribution is 2.28. The van der Waals surface area contributed by atoms with Crippen molar-refractivity contribution in [3.05, 3.63) is 54.2 Å². The minimum Gasteiger partial charge on any atom is -0.353 e. The van der Waals surface area contributed by atoms with Gasteiger partial charge in [0.05, 0.1) is 16.7 Å². The van der Waals surface area contributed by atoms with Gasteiger partial charge in [-0.05, 0) is 17.7 Å². The number of fused-ring (bicyclic) bond motifs is 1. The molecule has 0 fully saturated rings. The van der Waals surface area contributed by atoms with E-state index in [-0.39, 0.29) is 0 Å². The maximum absolute atomic E-state index is 5.84. The molecular formula is C14H13N3. The van der Waals surface area contributed by atoms with Gasteiger partial charge in [-0.25, -0.2) is 0 Å². The van der Waals surface area contributed by atoms with Gasteiger partial charge in [0.25, 0.3) is 0 Å². The number of aromatic amines is 1. The first kappa shape index (κ1) is 10.1. The van der Waals surface area contributed by atoms with Crippen molar-refractivity contribution in [3.63, 3.8) is 0 Å². The van der Waals surface area contributed by atoms with Gasteiger partial charge in [0.2, 0.25) is 0 Å². The summed E-state index contributed by atoms with van der Waals surface area (Å²) in [5, 5.41) is 0. The summed E-state index contributed by atoms with van der Waals surface area (Å²) in [6.45, 7) is 0.487. The van der Waals surface area contributed by atoms with E-state index in [2.05, 4.69) is 22.1 Å².